The van der Waals surface area contributed by atoms with Gasteiger partial charge < -0.3 is 10.6 Å². The molecule has 1 amide bonds. The molecule has 0 aliphatic carbocycles. The monoisotopic (exact) mass is 358 g/mol. The van der Waals surface area contributed by atoms with Gasteiger partial charge in [-0.2, -0.15) is 0 Å². The Bertz CT molecular complexity index is 669. The van der Waals surface area contributed by atoms with Gasteiger partial charge in [0.15, 0.2) is 0 Å². The molecule has 22 heavy (non-hydrogen) atoms. The average Bonchev–Trinajstić information content (AvgIpc) is 3.04. The van der Waals surface area contributed by atoms with Gasteiger partial charge in [0.25, 0.3) is 5.91 Å². The highest BCUT2D eigenvalue weighted by Gasteiger charge is 2.30. The summed E-state index contributed by atoms with van der Waals surface area (Å²) in [5.74, 6) is 0.103. The Hall–Kier alpha value is -1.65. The van der Waals surface area contributed by atoms with Crippen molar-refractivity contribution in [1.29, 1.82) is 0 Å². The summed E-state index contributed by atoms with van der Waals surface area (Å²) in [5, 5.41) is 0. The van der Waals surface area contributed by atoms with Gasteiger partial charge in [0, 0.05) is 23.1 Å². The van der Waals surface area contributed by atoms with Crippen molar-refractivity contribution in [2.45, 2.75) is 25.4 Å². The fourth-order valence-corrected chi connectivity index (χ4v) is 3.44. The second kappa shape index (κ2) is 6.63. The highest BCUT2D eigenvalue weighted by Crippen LogP contribution is 2.34. The van der Waals surface area contributed by atoms with E-state index in [1.165, 1.54) is 5.56 Å². The van der Waals surface area contributed by atoms with Gasteiger partial charge in [0.2, 0.25) is 0 Å². The van der Waals surface area contributed by atoms with Crippen molar-refractivity contribution < 1.29 is 4.79 Å². The van der Waals surface area contributed by atoms with Crippen molar-refractivity contribution in [3.63, 3.8) is 0 Å². The van der Waals surface area contributed by atoms with Gasteiger partial charge in [-0.05, 0) is 48.2 Å². The van der Waals surface area contributed by atoms with E-state index in [2.05, 4.69) is 28.1 Å². The normalized spacial score (nSPS) is 17.7. The molecule has 1 aliphatic rings. The minimum atomic E-state index is 0.103. The molecule has 4 heteroatoms. The Morgan fingerprint density at radius 2 is 2.00 bits per heavy atom. The third kappa shape index (κ3) is 3.08. The number of hydrogen-bond acceptors (Lipinski definition) is 2. The summed E-state index contributed by atoms with van der Waals surface area (Å²) in [6.07, 6.45) is 2.06. The molecule has 3 rings (SSSR count). The zero-order valence-corrected chi connectivity index (χ0v) is 13.9. The zero-order valence-electron chi connectivity index (χ0n) is 12.3. The van der Waals surface area contributed by atoms with Crippen molar-refractivity contribution >= 4 is 21.8 Å². The van der Waals surface area contributed by atoms with E-state index in [-0.39, 0.29) is 11.9 Å². The van der Waals surface area contributed by atoms with Gasteiger partial charge in [0.05, 0.1) is 6.04 Å². The number of amides is 1. The van der Waals surface area contributed by atoms with E-state index in [0.717, 1.165) is 35.0 Å². The van der Waals surface area contributed by atoms with Crippen LogP contribution in [0.3, 0.4) is 0 Å². The fraction of sp³-hybridized carbons (Fsp3) is 0.278. The number of likely N-dealkylation sites (tertiary alicyclic amines) is 1. The number of hydrogen-bond donors (Lipinski definition) is 1. The zero-order chi connectivity index (χ0) is 15.5. The standard InChI is InChI=1S/C18H19BrN2O/c19-16-4-1-3-15(11-16)17-5-2-10-21(17)18(22)14-8-6-13(12-20)7-9-14/h1,3-4,6-9,11,17H,2,5,10,12,20H2. The van der Waals surface area contributed by atoms with Crippen molar-refractivity contribution in [2.24, 2.45) is 5.73 Å². The van der Waals surface area contributed by atoms with E-state index in [1.807, 2.05) is 41.3 Å². The predicted molar refractivity (Wildman–Crippen MR) is 91.5 cm³/mol. The minimum absolute atomic E-state index is 0.103. The molecule has 1 atom stereocenters. The molecule has 2 aromatic rings. The average molecular weight is 359 g/mol. The van der Waals surface area contributed by atoms with Crippen LogP contribution in [0, 0.1) is 0 Å². The van der Waals surface area contributed by atoms with Crippen LogP contribution in [0.15, 0.2) is 53.0 Å². The lowest BCUT2D eigenvalue weighted by Gasteiger charge is -2.25. The summed E-state index contributed by atoms with van der Waals surface area (Å²) in [6, 6.07) is 16.0. The van der Waals surface area contributed by atoms with Crippen LogP contribution in [-0.4, -0.2) is 17.4 Å². The van der Waals surface area contributed by atoms with Crippen LogP contribution in [-0.2, 0) is 6.54 Å². The summed E-state index contributed by atoms with van der Waals surface area (Å²) in [7, 11) is 0. The summed E-state index contributed by atoms with van der Waals surface area (Å²) >= 11 is 3.51. The summed E-state index contributed by atoms with van der Waals surface area (Å²) in [4.78, 5) is 14.8. The molecule has 0 spiro atoms. The van der Waals surface area contributed by atoms with Crippen molar-refractivity contribution in [3.05, 3.63) is 69.7 Å². The van der Waals surface area contributed by atoms with Crippen LogP contribution in [0.2, 0.25) is 0 Å². The highest BCUT2D eigenvalue weighted by molar-refractivity contribution is 9.10. The van der Waals surface area contributed by atoms with Crippen LogP contribution >= 0.6 is 15.9 Å². The van der Waals surface area contributed by atoms with E-state index in [0.29, 0.717) is 6.54 Å². The number of carbonyl (C=O) groups excluding carboxylic acids is 1. The van der Waals surface area contributed by atoms with Gasteiger partial charge in [-0.1, -0.05) is 40.2 Å². The van der Waals surface area contributed by atoms with Gasteiger partial charge in [-0.3, -0.25) is 4.79 Å². The minimum Gasteiger partial charge on any atom is -0.332 e. The van der Waals surface area contributed by atoms with Crippen molar-refractivity contribution in [2.75, 3.05) is 6.54 Å². The molecule has 0 aromatic heterocycles. The molecular weight excluding hydrogens is 340 g/mol. The third-order valence-corrected chi connectivity index (χ3v) is 4.68. The molecule has 2 N–H and O–H groups in total. The molecule has 1 heterocycles. The lowest BCUT2D eigenvalue weighted by molar-refractivity contribution is 0.0735. The number of nitrogens with two attached hydrogens (primary N) is 1. The molecule has 3 nitrogen and oxygen atoms in total. The van der Waals surface area contributed by atoms with Crippen molar-refractivity contribution in [1.82, 2.24) is 4.90 Å². The van der Waals surface area contributed by atoms with Crippen LogP contribution in [0.5, 0.6) is 0 Å². The lowest BCUT2D eigenvalue weighted by atomic mass is 10.0. The topological polar surface area (TPSA) is 46.3 Å². The Balaban J connectivity index is 1.84. The Kier molecular flexibility index (Phi) is 4.60. The number of carbonyl (C=O) groups is 1. The Morgan fingerprint density at radius 1 is 1.23 bits per heavy atom. The van der Waals surface area contributed by atoms with E-state index in [4.69, 9.17) is 5.73 Å². The van der Waals surface area contributed by atoms with Gasteiger partial charge in [-0.15, -0.1) is 0 Å². The highest BCUT2D eigenvalue weighted by atomic mass is 79.9. The Morgan fingerprint density at radius 3 is 2.68 bits per heavy atom. The van der Waals surface area contributed by atoms with E-state index < -0.39 is 0 Å². The van der Waals surface area contributed by atoms with Crippen molar-refractivity contribution in [3.8, 4) is 0 Å². The number of nitrogens with zero attached hydrogens (tertiary/aromatic N) is 1. The molecule has 1 unspecified atom stereocenters. The molecule has 1 fully saturated rings. The molecule has 0 saturated carbocycles. The van der Waals surface area contributed by atoms with Crippen LogP contribution in [0.4, 0.5) is 0 Å². The summed E-state index contributed by atoms with van der Waals surface area (Å²) < 4.78 is 1.05. The first-order chi connectivity index (χ1) is 10.7. The predicted octanol–water partition coefficient (Wildman–Crippen LogP) is 3.89. The van der Waals surface area contributed by atoms with Crippen LogP contribution in [0.1, 0.15) is 40.4 Å². The third-order valence-electron chi connectivity index (χ3n) is 4.18. The SMILES string of the molecule is NCc1ccc(C(=O)N2CCCC2c2cccc(Br)c2)cc1. The summed E-state index contributed by atoms with van der Waals surface area (Å²) in [5.41, 5.74) is 8.58. The van der Waals surface area contributed by atoms with Crippen LogP contribution in [0.25, 0.3) is 0 Å². The number of halogens is 1. The lowest BCUT2D eigenvalue weighted by Crippen LogP contribution is -2.30. The smallest absolute Gasteiger partial charge is 0.254 e. The first-order valence-electron chi connectivity index (χ1n) is 7.54. The molecule has 0 bridgehead atoms. The Labute approximate surface area is 139 Å². The molecular formula is C18H19BrN2O. The first-order valence-corrected chi connectivity index (χ1v) is 8.34. The number of rotatable bonds is 3. The second-order valence-electron chi connectivity index (χ2n) is 5.61. The number of benzene rings is 2. The first kappa shape index (κ1) is 15.3. The largest absolute Gasteiger partial charge is 0.332 e. The van der Waals surface area contributed by atoms with Gasteiger partial charge >= 0.3 is 0 Å². The van der Waals surface area contributed by atoms with Crippen LogP contribution < -0.4 is 5.73 Å². The second-order valence-corrected chi connectivity index (χ2v) is 6.53. The quantitative estimate of drug-likeness (QED) is 0.904. The maximum absolute atomic E-state index is 12.8. The van der Waals surface area contributed by atoms with Gasteiger partial charge in [-0.25, -0.2) is 0 Å². The fourth-order valence-electron chi connectivity index (χ4n) is 3.02. The van der Waals surface area contributed by atoms with E-state index in [1.54, 1.807) is 0 Å². The molecule has 1 aliphatic heterocycles. The molecule has 1 saturated heterocycles. The van der Waals surface area contributed by atoms with E-state index in [9.17, 15) is 4.79 Å². The summed E-state index contributed by atoms with van der Waals surface area (Å²) in [6.45, 7) is 1.31. The molecule has 0 radical (unpaired) electrons. The van der Waals surface area contributed by atoms with E-state index >= 15 is 0 Å². The van der Waals surface area contributed by atoms with Gasteiger partial charge in [0.1, 0.15) is 0 Å². The maximum atomic E-state index is 12.8. The molecule has 2 aromatic carbocycles. The molecule has 114 valence electrons. The maximum Gasteiger partial charge on any atom is 0.254 e.